The quantitative estimate of drug-likeness (QED) is 0.630. The van der Waals surface area contributed by atoms with Crippen molar-refractivity contribution < 1.29 is 14.3 Å². The van der Waals surface area contributed by atoms with Crippen LogP contribution in [0.4, 0.5) is 10.6 Å². The van der Waals surface area contributed by atoms with Gasteiger partial charge < -0.3 is 10.1 Å². The molecule has 9 nitrogen and oxygen atoms in total. The van der Waals surface area contributed by atoms with E-state index in [0.717, 1.165) is 30.7 Å². The fourth-order valence-electron chi connectivity index (χ4n) is 3.83. The third-order valence-corrected chi connectivity index (χ3v) is 5.34. The largest absolute Gasteiger partial charge is 0.446 e. The summed E-state index contributed by atoms with van der Waals surface area (Å²) >= 11 is 0. The average Bonchev–Trinajstić information content (AvgIpc) is 3.30. The molecule has 0 aliphatic carbocycles. The predicted molar refractivity (Wildman–Crippen MR) is 104 cm³/mol. The van der Waals surface area contributed by atoms with Crippen molar-refractivity contribution in [3.63, 3.8) is 0 Å². The van der Waals surface area contributed by atoms with Crippen LogP contribution in [0, 0.1) is 0 Å². The molecule has 1 N–H and O–H groups in total. The van der Waals surface area contributed by atoms with Gasteiger partial charge in [-0.1, -0.05) is 6.07 Å². The van der Waals surface area contributed by atoms with Gasteiger partial charge >= 0.3 is 6.09 Å². The van der Waals surface area contributed by atoms with E-state index < -0.39 is 6.09 Å². The molecule has 0 unspecified atom stereocenters. The summed E-state index contributed by atoms with van der Waals surface area (Å²) in [5.74, 6) is 0.168. The van der Waals surface area contributed by atoms with Crippen molar-refractivity contribution in [3.8, 4) is 0 Å². The molecule has 1 fully saturated rings. The number of cyclic esters (lactones) is 1. The van der Waals surface area contributed by atoms with Crippen LogP contribution in [0.25, 0.3) is 5.65 Å². The van der Waals surface area contributed by atoms with Crippen molar-refractivity contribution in [2.45, 2.75) is 38.3 Å². The number of hydrogen-bond donors (Lipinski definition) is 1. The topological polar surface area (TPSA) is 102 Å². The molecule has 0 radical (unpaired) electrons. The highest BCUT2D eigenvalue weighted by Gasteiger charge is 2.37. The van der Waals surface area contributed by atoms with E-state index in [4.69, 9.17) is 9.72 Å². The molecule has 2 aliphatic heterocycles. The van der Waals surface area contributed by atoms with Crippen LogP contribution in [0.15, 0.2) is 36.7 Å². The number of fused-ring (bicyclic) bond motifs is 6. The van der Waals surface area contributed by atoms with Crippen LogP contribution in [-0.2, 0) is 11.2 Å². The first-order valence-electron chi connectivity index (χ1n) is 9.67. The highest BCUT2D eigenvalue weighted by atomic mass is 16.6. The van der Waals surface area contributed by atoms with Crippen molar-refractivity contribution in [3.05, 3.63) is 53.6 Å². The first kappa shape index (κ1) is 17.6. The lowest BCUT2D eigenvalue weighted by Gasteiger charge is -2.20. The molecule has 2 atom stereocenters. The van der Waals surface area contributed by atoms with Gasteiger partial charge in [-0.2, -0.15) is 5.10 Å². The number of hydrogen-bond acceptors (Lipinski definition) is 6. The molecular formula is C20H20N6O3. The fourth-order valence-corrected chi connectivity index (χ4v) is 3.83. The minimum atomic E-state index is -0.484. The summed E-state index contributed by atoms with van der Waals surface area (Å²) in [5, 5.41) is 7.22. The van der Waals surface area contributed by atoms with Gasteiger partial charge in [-0.3, -0.25) is 9.78 Å². The third-order valence-electron chi connectivity index (χ3n) is 5.34. The Morgan fingerprint density at radius 1 is 1.21 bits per heavy atom. The molecule has 3 aromatic heterocycles. The maximum Gasteiger partial charge on any atom is 0.416 e. The molecule has 148 valence electrons. The van der Waals surface area contributed by atoms with Crippen LogP contribution in [-0.4, -0.2) is 44.2 Å². The number of aromatic nitrogens is 4. The summed E-state index contributed by atoms with van der Waals surface area (Å²) in [7, 11) is 0. The number of rotatable bonds is 0. The fraction of sp³-hybridized carbons (Fsp3) is 0.350. The first-order chi connectivity index (χ1) is 14.1. The maximum absolute atomic E-state index is 12.8. The van der Waals surface area contributed by atoms with E-state index in [-0.39, 0.29) is 24.6 Å². The summed E-state index contributed by atoms with van der Waals surface area (Å²) in [5.41, 5.74) is 2.48. The Bertz CT molecular complexity index is 1110. The second-order valence-electron chi connectivity index (χ2n) is 7.40. The second-order valence-corrected chi connectivity index (χ2v) is 7.40. The van der Waals surface area contributed by atoms with Crippen LogP contribution in [0.5, 0.6) is 0 Å². The Kier molecular flexibility index (Phi) is 4.15. The van der Waals surface area contributed by atoms with Gasteiger partial charge in [-0.05, 0) is 44.4 Å². The van der Waals surface area contributed by atoms with Crippen molar-refractivity contribution in [2.75, 3.05) is 11.5 Å². The Labute approximate surface area is 166 Å². The van der Waals surface area contributed by atoms with E-state index in [9.17, 15) is 9.59 Å². The number of carbonyl (C=O) groups excluding carboxylic acids is 2. The molecule has 2 aliphatic rings. The number of nitrogens with one attached hydrogen (secondary N) is 1. The van der Waals surface area contributed by atoms with Crippen molar-refractivity contribution >= 4 is 23.5 Å². The van der Waals surface area contributed by atoms with Crippen LogP contribution >= 0.6 is 0 Å². The van der Waals surface area contributed by atoms with E-state index >= 15 is 0 Å². The molecule has 0 spiro atoms. The Morgan fingerprint density at radius 3 is 3.00 bits per heavy atom. The molecule has 2 amide bonds. The van der Waals surface area contributed by atoms with E-state index in [1.54, 1.807) is 12.3 Å². The Balaban J connectivity index is 1.66. The van der Waals surface area contributed by atoms with E-state index in [1.165, 1.54) is 15.6 Å². The molecule has 29 heavy (non-hydrogen) atoms. The van der Waals surface area contributed by atoms with Crippen molar-refractivity contribution in [1.82, 2.24) is 24.9 Å². The molecule has 1 saturated heterocycles. The van der Waals surface area contributed by atoms with Crippen LogP contribution in [0.1, 0.15) is 47.6 Å². The van der Waals surface area contributed by atoms with Gasteiger partial charge in [0.2, 0.25) is 0 Å². The highest BCUT2D eigenvalue weighted by molar-refractivity contribution is 6.00. The van der Waals surface area contributed by atoms with Gasteiger partial charge in [0.25, 0.3) is 5.91 Å². The average molecular weight is 392 g/mol. The molecular weight excluding hydrogens is 372 g/mol. The normalized spacial score (nSPS) is 22.0. The van der Waals surface area contributed by atoms with Crippen molar-refractivity contribution in [2.24, 2.45) is 0 Å². The number of ether oxygens (including phenoxy) is 1. The molecule has 3 aromatic rings. The lowest BCUT2D eigenvalue weighted by Crippen LogP contribution is -2.32. The molecule has 5 rings (SSSR count). The molecule has 0 saturated carbocycles. The Morgan fingerprint density at radius 2 is 2.10 bits per heavy atom. The number of nitrogens with zero attached hydrogens (tertiary/aromatic N) is 5. The number of amides is 2. The SMILES string of the molecule is C[C@H]1CCCc2cccc(n2)[C@H]2COC(=O)N2c2ccn3ncc(c3n2)C(=O)N1. The second kappa shape index (κ2) is 6.84. The third kappa shape index (κ3) is 3.08. The standard InChI is InChI=1S/C20H20N6O3/c1-12-4-2-5-13-6-3-7-15(23-13)16-11-29-20(28)26(16)17-8-9-25-18(24-17)14(10-21-25)19(27)22-12/h3,6-10,12,16H,2,4-5,11H2,1H3,(H,22,27)/t12-,16+/m0/s1. The van der Waals surface area contributed by atoms with Gasteiger partial charge in [0, 0.05) is 17.9 Å². The number of aryl methyl sites for hydroxylation is 1. The summed E-state index contributed by atoms with van der Waals surface area (Å²) in [6, 6.07) is 7.15. The molecule has 9 heteroatoms. The molecule has 4 bridgehead atoms. The van der Waals surface area contributed by atoms with Gasteiger partial charge in [-0.15, -0.1) is 0 Å². The van der Waals surface area contributed by atoms with Gasteiger partial charge in [0.05, 0.1) is 11.9 Å². The van der Waals surface area contributed by atoms with Crippen molar-refractivity contribution in [1.29, 1.82) is 0 Å². The summed E-state index contributed by atoms with van der Waals surface area (Å²) in [6.45, 7) is 2.18. The molecule has 0 aromatic carbocycles. The zero-order chi connectivity index (χ0) is 20.0. The summed E-state index contributed by atoms with van der Waals surface area (Å²) in [6.07, 6.45) is 5.20. The van der Waals surface area contributed by atoms with Crippen LogP contribution in [0.2, 0.25) is 0 Å². The molecule has 5 heterocycles. The van der Waals surface area contributed by atoms with E-state index in [1.807, 2.05) is 25.1 Å². The predicted octanol–water partition coefficient (Wildman–Crippen LogP) is 2.28. The summed E-state index contributed by atoms with van der Waals surface area (Å²) in [4.78, 5) is 36.1. The lowest BCUT2D eigenvalue weighted by atomic mass is 10.1. The highest BCUT2D eigenvalue weighted by Crippen LogP contribution is 2.31. The number of pyridine rings is 1. The Hall–Kier alpha value is -3.49. The van der Waals surface area contributed by atoms with Crippen LogP contribution in [0.3, 0.4) is 0 Å². The number of carbonyl (C=O) groups is 2. The lowest BCUT2D eigenvalue weighted by molar-refractivity contribution is 0.0939. The van der Waals surface area contributed by atoms with E-state index in [2.05, 4.69) is 15.4 Å². The zero-order valence-corrected chi connectivity index (χ0v) is 15.9. The van der Waals surface area contributed by atoms with Crippen LogP contribution < -0.4 is 10.2 Å². The smallest absolute Gasteiger partial charge is 0.416 e. The maximum atomic E-state index is 12.8. The minimum Gasteiger partial charge on any atom is -0.446 e. The first-order valence-corrected chi connectivity index (χ1v) is 9.67. The number of anilines is 1. The summed E-state index contributed by atoms with van der Waals surface area (Å²) < 4.78 is 6.83. The zero-order valence-electron chi connectivity index (χ0n) is 15.9. The van der Waals surface area contributed by atoms with Gasteiger partial charge in [0.1, 0.15) is 24.0 Å². The van der Waals surface area contributed by atoms with Gasteiger partial charge in [0.15, 0.2) is 5.65 Å². The van der Waals surface area contributed by atoms with E-state index in [0.29, 0.717) is 17.0 Å². The minimum absolute atomic E-state index is 0.00653. The monoisotopic (exact) mass is 392 g/mol. The van der Waals surface area contributed by atoms with Gasteiger partial charge in [-0.25, -0.2) is 19.2 Å².